The number of likely N-dealkylation sites (tertiary alicyclic amines) is 1. The highest BCUT2D eigenvalue weighted by molar-refractivity contribution is 4.93. The predicted octanol–water partition coefficient (Wildman–Crippen LogP) is 4.06. The molecule has 3 atom stereocenters. The second-order valence-electron chi connectivity index (χ2n) is 7.77. The van der Waals surface area contributed by atoms with Crippen molar-refractivity contribution in [3.8, 4) is 0 Å². The molecule has 1 aliphatic carbocycles. The van der Waals surface area contributed by atoms with Crippen LogP contribution in [0.1, 0.15) is 72.6 Å². The highest BCUT2D eigenvalue weighted by Crippen LogP contribution is 2.35. The van der Waals surface area contributed by atoms with Crippen LogP contribution in [0.5, 0.6) is 0 Å². The van der Waals surface area contributed by atoms with Crippen LogP contribution in [0.4, 0.5) is 0 Å². The summed E-state index contributed by atoms with van der Waals surface area (Å²) < 4.78 is 0. The van der Waals surface area contributed by atoms with Crippen molar-refractivity contribution in [3.05, 3.63) is 0 Å². The summed E-state index contributed by atoms with van der Waals surface area (Å²) in [5.41, 5.74) is 0.439. The van der Waals surface area contributed by atoms with Gasteiger partial charge in [-0.1, -0.05) is 20.3 Å². The third-order valence-corrected chi connectivity index (χ3v) is 5.85. The summed E-state index contributed by atoms with van der Waals surface area (Å²) in [6.45, 7) is 13.4. The Balaban J connectivity index is 1.95. The average molecular weight is 280 g/mol. The summed E-state index contributed by atoms with van der Waals surface area (Å²) in [6, 6.07) is 0.772. The molecule has 2 fully saturated rings. The minimum atomic E-state index is 0.439. The molecular weight excluding hydrogens is 244 g/mol. The fourth-order valence-corrected chi connectivity index (χ4v) is 4.32. The van der Waals surface area contributed by atoms with E-state index in [1.54, 1.807) is 0 Å². The van der Waals surface area contributed by atoms with Gasteiger partial charge in [0.05, 0.1) is 0 Å². The van der Waals surface area contributed by atoms with Crippen molar-refractivity contribution in [1.82, 2.24) is 10.2 Å². The van der Waals surface area contributed by atoms with E-state index < -0.39 is 0 Å². The summed E-state index contributed by atoms with van der Waals surface area (Å²) in [6.07, 6.45) is 9.70. The van der Waals surface area contributed by atoms with Gasteiger partial charge in [0.15, 0.2) is 0 Å². The van der Waals surface area contributed by atoms with E-state index in [2.05, 4.69) is 37.9 Å². The Morgan fingerprint density at radius 1 is 1.20 bits per heavy atom. The fraction of sp³-hybridized carbons (Fsp3) is 1.00. The number of nitrogens with zero attached hydrogens (tertiary/aromatic N) is 1. The Morgan fingerprint density at radius 2 is 2.00 bits per heavy atom. The maximum atomic E-state index is 3.84. The third kappa shape index (κ3) is 3.98. The topological polar surface area (TPSA) is 15.3 Å². The molecule has 20 heavy (non-hydrogen) atoms. The van der Waals surface area contributed by atoms with Crippen LogP contribution in [0, 0.1) is 11.8 Å². The predicted molar refractivity (Wildman–Crippen MR) is 88.1 cm³/mol. The Kier molecular flexibility index (Phi) is 5.92. The molecule has 1 N–H and O–H groups in total. The molecule has 1 saturated heterocycles. The largest absolute Gasteiger partial charge is 0.314 e. The van der Waals surface area contributed by atoms with Crippen molar-refractivity contribution >= 4 is 0 Å². The molecule has 1 aliphatic heterocycles. The molecule has 1 heterocycles. The monoisotopic (exact) mass is 280 g/mol. The summed E-state index contributed by atoms with van der Waals surface area (Å²) in [4.78, 5) is 2.77. The van der Waals surface area contributed by atoms with Crippen molar-refractivity contribution in [3.63, 3.8) is 0 Å². The van der Waals surface area contributed by atoms with Gasteiger partial charge in [0.25, 0.3) is 0 Å². The third-order valence-electron chi connectivity index (χ3n) is 5.85. The van der Waals surface area contributed by atoms with E-state index in [9.17, 15) is 0 Å². The van der Waals surface area contributed by atoms with Crippen LogP contribution in [0.25, 0.3) is 0 Å². The molecule has 2 rings (SSSR count). The van der Waals surface area contributed by atoms with Crippen LogP contribution in [0.2, 0.25) is 0 Å². The van der Waals surface area contributed by atoms with Gasteiger partial charge >= 0.3 is 0 Å². The average Bonchev–Trinajstić information content (AvgIpc) is 2.76. The quantitative estimate of drug-likeness (QED) is 0.789. The van der Waals surface area contributed by atoms with E-state index in [0.29, 0.717) is 5.54 Å². The molecule has 0 aromatic rings. The van der Waals surface area contributed by atoms with E-state index >= 15 is 0 Å². The summed E-state index contributed by atoms with van der Waals surface area (Å²) >= 11 is 0. The molecule has 0 radical (unpaired) electrons. The van der Waals surface area contributed by atoms with Crippen molar-refractivity contribution in [2.24, 2.45) is 11.8 Å². The van der Waals surface area contributed by atoms with Gasteiger partial charge in [-0.25, -0.2) is 0 Å². The number of rotatable bonds is 6. The zero-order valence-corrected chi connectivity index (χ0v) is 14.3. The highest BCUT2D eigenvalue weighted by Gasteiger charge is 2.37. The Bertz CT molecular complexity index is 287. The molecule has 118 valence electrons. The number of hydrogen-bond donors (Lipinski definition) is 1. The SMILES string of the molecule is CCCNC1CCC(CC)CC1CN1CCCC1(C)C. The summed E-state index contributed by atoms with van der Waals surface area (Å²) in [5.74, 6) is 1.85. The molecule has 0 amide bonds. The number of nitrogens with one attached hydrogen (secondary N) is 1. The Labute approximate surface area is 126 Å². The van der Waals surface area contributed by atoms with Crippen LogP contribution in [-0.4, -0.2) is 36.1 Å². The zero-order chi connectivity index (χ0) is 14.6. The van der Waals surface area contributed by atoms with Crippen LogP contribution < -0.4 is 5.32 Å². The standard InChI is InChI=1S/C18H36N2/c1-5-11-19-17-9-8-15(6-2)13-16(17)14-20-12-7-10-18(20,3)4/h15-17,19H,5-14H2,1-4H3. The van der Waals surface area contributed by atoms with E-state index in [0.717, 1.165) is 17.9 Å². The van der Waals surface area contributed by atoms with Crippen molar-refractivity contribution in [2.45, 2.75) is 84.2 Å². The van der Waals surface area contributed by atoms with Crippen LogP contribution in [0.15, 0.2) is 0 Å². The van der Waals surface area contributed by atoms with Gasteiger partial charge in [-0.15, -0.1) is 0 Å². The number of hydrogen-bond acceptors (Lipinski definition) is 2. The van der Waals surface area contributed by atoms with Crippen molar-refractivity contribution < 1.29 is 0 Å². The molecule has 0 aromatic heterocycles. The second kappa shape index (κ2) is 7.26. The molecule has 2 nitrogen and oxygen atoms in total. The molecule has 0 spiro atoms. The first-order valence-corrected chi connectivity index (χ1v) is 9.05. The van der Waals surface area contributed by atoms with E-state index in [4.69, 9.17) is 0 Å². The molecule has 0 bridgehead atoms. The molecule has 3 unspecified atom stereocenters. The van der Waals surface area contributed by atoms with Crippen LogP contribution in [-0.2, 0) is 0 Å². The normalized spacial score (nSPS) is 34.5. The van der Waals surface area contributed by atoms with E-state index in [1.165, 1.54) is 64.6 Å². The van der Waals surface area contributed by atoms with Gasteiger partial charge in [0, 0.05) is 18.1 Å². The van der Waals surface area contributed by atoms with E-state index in [1.807, 2.05) is 0 Å². The first-order chi connectivity index (χ1) is 9.56. The smallest absolute Gasteiger partial charge is 0.0153 e. The maximum absolute atomic E-state index is 3.84. The van der Waals surface area contributed by atoms with Crippen LogP contribution >= 0.6 is 0 Å². The first kappa shape index (κ1) is 16.3. The zero-order valence-electron chi connectivity index (χ0n) is 14.3. The maximum Gasteiger partial charge on any atom is 0.0153 e. The highest BCUT2D eigenvalue weighted by atomic mass is 15.2. The van der Waals surface area contributed by atoms with Gasteiger partial charge in [-0.2, -0.15) is 0 Å². The lowest BCUT2D eigenvalue weighted by molar-refractivity contribution is 0.0983. The minimum Gasteiger partial charge on any atom is -0.314 e. The second-order valence-corrected chi connectivity index (χ2v) is 7.77. The lowest BCUT2D eigenvalue weighted by atomic mass is 9.76. The van der Waals surface area contributed by atoms with Gasteiger partial charge < -0.3 is 5.32 Å². The van der Waals surface area contributed by atoms with E-state index in [-0.39, 0.29) is 0 Å². The summed E-state index contributed by atoms with van der Waals surface area (Å²) in [7, 11) is 0. The van der Waals surface area contributed by atoms with Gasteiger partial charge in [-0.3, -0.25) is 4.90 Å². The Hall–Kier alpha value is -0.0800. The summed E-state index contributed by atoms with van der Waals surface area (Å²) in [5, 5.41) is 3.84. The molecule has 0 aromatic carbocycles. The molecule has 2 heteroatoms. The van der Waals surface area contributed by atoms with Gasteiger partial charge in [-0.05, 0) is 77.3 Å². The van der Waals surface area contributed by atoms with Crippen molar-refractivity contribution in [2.75, 3.05) is 19.6 Å². The van der Waals surface area contributed by atoms with Gasteiger partial charge in [0.1, 0.15) is 0 Å². The van der Waals surface area contributed by atoms with Crippen LogP contribution in [0.3, 0.4) is 0 Å². The lowest BCUT2D eigenvalue weighted by Crippen LogP contribution is -2.49. The fourth-order valence-electron chi connectivity index (χ4n) is 4.32. The Morgan fingerprint density at radius 3 is 2.60 bits per heavy atom. The van der Waals surface area contributed by atoms with Crippen molar-refractivity contribution in [1.29, 1.82) is 0 Å². The minimum absolute atomic E-state index is 0.439. The lowest BCUT2D eigenvalue weighted by Gasteiger charge is -2.41. The first-order valence-electron chi connectivity index (χ1n) is 9.05. The molecule has 1 saturated carbocycles. The van der Waals surface area contributed by atoms with Gasteiger partial charge in [0.2, 0.25) is 0 Å². The molecular formula is C18H36N2. The molecule has 2 aliphatic rings.